The molecule has 1 amide bonds. The molecule has 5 rings (SSSR count). The summed E-state index contributed by atoms with van der Waals surface area (Å²) in [6.07, 6.45) is 2.49. The maximum atomic E-state index is 12.9. The molecule has 3 heterocycles. The molecule has 1 saturated heterocycles. The summed E-state index contributed by atoms with van der Waals surface area (Å²) < 4.78 is 11.5. The first-order valence-electron chi connectivity index (χ1n) is 11.0. The van der Waals surface area contributed by atoms with Gasteiger partial charge in [0.25, 0.3) is 0 Å². The molecule has 4 aromatic rings. The lowest BCUT2D eigenvalue weighted by molar-refractivity contribution is -0.148. The molecule has 1 N–H and O–H groups in total. The quantitative estimate of drug-likeness (QED) is 0.409. The van der Waals surface area contributed by atoms with Gasteiger partial charge in [-0.15, -0.1) is 0 Å². The van der Waals surface area contributed by atoms with Crippen LogP contribution in [0.15, 0.2) is 50.2 Å². The van der Waals surface area contributed by atoms with Crippen LogP contribution >= 0.6 is 11.6 Å². The highest BCUT2D eigenvalue weighted by Crippen LogP contribution is 2.37. The minimum absolute atomic E-state index is 0.208. The van der Waals surface area contributed by atoms with Crippen LogP contribution in [0.5, 0.6) is 0 Å². The summed E-state index contributed by atoms with van der Waals surface area (Å²) in [5, 5.41) is 11.6. The lowest BCUT2D eigenvalue weighted by Gasteiger charge is -2.21. The van der Waals surface area contributed by atoms with Crippen LogP contribution in [0.1, 0.15) is 29.5 Å². The van der Waals surface area contributed by atoms with E-state index >= 15 is 0 Å². The van der Waals surface area contributed by atoms with Crippen molar-refractivity contribution < 1.29 is 23.5 Å². The van der Waals surface area contributed by atoms with Gasteiger partial charge in [0.2, 0.25) is 5.91 Å². The summed E-state index contributed by atoms with van der Waals surface area (Å²) >= 11 is 6.03. The fourth-order valence-electron chi connectivity index (χ4n) is 4.83. The number of carboxylic acids is 1. The number of halogens is 1. The van der Waals surface area contributed by atoms with Gasteiger partial charge in [0, 0.05) is 33.5 Å². The second kappa shape index (κ2) is 8.33. The number of aliphatic carboxylic acids is 1. The molecule has 7 nitrogen and oxygen atoms in total. The van der Waals surface area contributed by atoms with Crippen molar-refractivity contribution in [2.75, 3.05) is 6.54 Å². The molecule has 0 spiro atoms. The van der Waals surface area contributed by atoms with Gasteiger partial charge in [0.1, 0.15) is 17.2 Å². The number of amides is 1. The van der Waals surface area contributed by atoms with Crippen molar-refractivity contribution in [3.8, 4) is 11.1 Å². The lowest BCUT2D eigenvalue weighted by atomic mass is 9.97. The zero-order valence-electron chi connectivity index (χ0n) is 18.7. The third-order valence-electron chi connectivity index (χ3n) is 6.68. The number of benzene rings is 2. The van der Waals surface area contributed by atoms with E-state index in [1.807, 2.05) is 25.1 Å². The summed E-state index contributed by atoms with van der Waals surface area (Å²) in [6.45, 7) is 3.98. The fourth-order valence-corrected chi connectivity index (χ4v) is 4.95. The average molecular weight is 480 g/mol. The van der Waals surface area contributed by atoms with Gasteiger partial charge in [-0.25, -0.2) is 9.59 Å². The van der Waals surface area contributed by atoms with Crippen molar-refractivity contribution in [3.63, 3.8) is 0 Å². The molecule has 0 aliphatic carbocycles. The van der Waals surface area contributed by atoms with Crippen molar-refractivity contribution in [3.05, 3.63) is 68.7 Å². The molecular formula is C26H22ClNO6. The van der Waals surface area contributed by atoms with Crippen molar-refractivity contribution in [1.29, 1.82) is 0 Å². The Bertz CT molecular complexity index is 1510. The standard InChI is InChI=1S/C26H22ClNO6/c1-13-17-10-19-20(15-5-7-16(27)8-6-15)12-33-23(19)14(2)24(17)34-26(32)18(13)11-22(29)28-9-3-4-21(28)25(30)31/h5-8,10,12,21H,3-4,9,11H2,1-2H3,(H,30,31)/t21-/m0/s1. The van der Waals surface area contributed by atoms with Gasteiger partial charge in [0.05, 0.1) is 18.2 Å². The SMILES string of the molecule is Cc1c(CC(=O)N2CCC[C@H]2C(=O)O)c(=O)oc2c(C)c3occ(-c4ccc(Cl)cc4)c3cc12. The average Bonchev–Trinajstić information content (AvgIpc) is 3.46. The fraction of sp³-hybridized carbons (Fsp3) is 0.269. The third-order valence-corrected chi connectivity index (χ3v) is 6.94. The summed E-state index contributed by atoms with van der Waals surface area (Å²) in [7, 11) is 0. The van der Waals surface area contributed by atoms with E-state index < -0.39 is 17.6 Å². The van der Waals surface area contributed by atoms with Crippen LogP contribution in [0.3, 0.4) is 0 Å². The largest absolute Gasteiger partial charge is 0.480 e. The van der Waals surface area contributed by atoms with Crippen LogP contribution < -0.4 is 5.63 Å². The van der Waals surface area contributed by atoms with Gasteiger partial charge >= 0.3 is 11.6 Å². The number of carbonyl (C=O) groups is 2. The molecule has 0 bridgehead atoms. The monoisotopic (exact) mass is 479 g/mol. The summed E-state index contributed by atoms with van der Waals surface area (Å²) in [5.41, 5.74) is 3.80. The minimum Gasteiger partial charge on any atom is -0.480 e. The summed E-state index contributed by atoms with van der Waals surface area (Å²) in [4.78, 5) is 38.6. The lowest BCUT2D eigenvalue weighted by Crippen LogP contribution is -2.41. The van der Waals surface area contributed by atoms with Gasteiger partial charge in [-0.1, -0.05) is 23.7 Å². The number of nitrogens with zero attached hydrogens (tertiary/aromatic N) is 1. The van der Waals surface area contributed by atoms with E-state index in [9.17, 15) is 19.5 Å². The van der Waals surface area contributed by atoms with E-state index in [4.69, 9.17) is 20.4 Å². The van der Waals surface area contributed by atoms with Crippen molar-refractivity contribution in [2.24, 2.45) is 0 Å². The Kier molecular flexibility index (Phi) is 5.44. The molecule has 1 aliphatic heterocycles. The number of carboxylic acid groups (broad SMARTS) is 1. The number of carbonyl (C=O) groups excluding carboxylic acids is 1. The van der Waals surface area contributed by atoms with Gasteiger partial charge in [-0.3, -0.25) is 4.79 Å². The Balaban J connectivity index is 1.62. The number of hydrogen-bond acceptors (Lipinski definition) is 5. The molecule has 0 saturated carbocycles. The number of hydrogen-bond donors (Lipinski definition) is 1. The second-order valence-electron chi connectivity index (χ2n) is 8.66. The highest BCUT2D eigenvalue weighted by atomic mass is 35.5. The van der Waals surface area contributed by atoms with E-state index in [0.717, 1.165) is 16.5 Å². The first-order chi connectivity index (χ1) is 16.3. The highest BCUT2D eigenvalue weighted by Gasteiger charge is 2.34. The number of fused-ring (bicyclic) bond motifs is 2. The molecular weight excluding hydrogens is 458 g/mol. The van der Waals surface area contributed by atoms with Crippen molar-refractivity contribution in [1.82, 2.24) is 4.90 Å². The normalized spacial score (nSPS) is 16.0. The number of rotatable bonds is 4. The van der Waals surface area contributed by atoms with E-state index in [-0.39, 0.29) is 17.9 Å². The Morgan fingerprint density at radius 3 is 2.56 bits per heavy atom. The van der Waals surface area contributed by atoms with Gasteiger partial charge in [0.15, 0.2) is 0 Å². The van der Waals surface area contributed by atoms with E-state index in [1.54, 1.807) is 25.3 Å². The van der Waals surface area contributed by atoms with E-state index in [2.05, 4.69) is 0 Å². The zero-order valence-corrected chi connectivity index (χ0v) is 19.4. The zero-order chi connectivity index (χ0) is 24.1. The maximum Gasteiger partial charge on any atom is 0.340 e. The van der Waals surface area contributed by atoms with Crippen LogP contribution in [0.4, 0.5) is 0 Å². The second-order valence-corrected chi connectivity index (χ2v) is 9.10. The number of furan rings is 1. The predicted molar refractivity (Wildman–Crippen MR) is 128 cm³/mol. The smallest absolute Gasteiger partial charge is 0.340 e. The Morgan fingerprint density at radius 2 is 1.85 bits per heavy atom. The molecule has 2 aromatic heterocycles. The molecule has 174 valence electrons. The van der Waals surface area contributed by atoms with Crippen molar-refractivity contribution in [2.45, 2.75) is 39.2 Å². The molecule has 0 radical (unpaired) electrons. The van der Waals surface area contributed by atoms with E-state index in [1.165, 1.54) is 4.90 Å². The summed E-state index contributed by atoms with van der Waals surface area (Å²) in [5.74, 6) is -1.41. The molecule has 1 fully saturated rings. The maximum absolute atomic E-state index is 12.9. The molecule has 1 aliphatic rings. The topological polar surface area (TPSA) is 101 Å². The van der Waals surface area contributed by atoms with Crippen LogP contribution in [0.2, 0.25) is 5.02 Å². The first-order valence-corrected chi connectivity index (χ1v) is 11.4. The van der Waals surface area contributed by atoms with Crippen LogP contribution in [-0.2, 0) is 16.0 Å². The summed E-state index contributed by atoms with van der Waals surface area (Å²) in [6, 6.07) is 8.48. The van der Waals surface area contributed by atoms with Crippen LogP contribution in [0, 0.1) is 13.8 Å². The predicted octanol–water partition coefficient (Wildman–Crippen LogP) is 5.09. The highest BCUT2D eigenvalue weighted by molar-refractivity contribution is 6.30. The Labute approximate surface area is 199 Å². The third kappa shape index (κ3) is 3.56. The van der Waals surface area contributed by atoms with Crippen LogP contribution in [0.25, 0.3) is 33.1 Å². The Hall–Kier alpha value is -3.58. The molecule has 0 unspecified atom stereocenters. The number of aryl methyl sites for hydroxylation is 2. The van der Waals surface area contributed by atoms with Crippen molar-refractivity contribution >= 4 is 45.4 Å². The minimum atomic E-state index is -1.03. The first kappa shape index (κ1) is 22.2. The Morgan fingerprint density at radius 1 is 1.12 bits per heavy atom. The van der Waals surface area contributed by atoms with Gasteiger partial charge < -0.3 is 18.8 Å². The van der Waals surface area contributed by atoms with Gasteiger partial charge in [-0.05, 0) is 56.0 Å². The molecule has 8 heteroatoms. The molecule has 1 atom stereocenters. The van der Waals surface area contributed by atoms with E-state index in [0.29, 0.717) is 52.1 Å². The molecule has 2 aromatic carbocycles. The number of likely N-dealkylation sites (tertiary alicyclic amines) is 1. The molecule has 34 heavy (non-hydrogen) atoms. The van der Waals surface area contributed by atoms with Gasteiger partial charge in [-0.2, -0.15) is 0 Å². The van der Waals surface area contributed by atoms with Crippen LogP contribution in [-0.4, -0.2) is 34.5 Å².